The molecule has 1 unspecified atom stereocenters. The molecule has 132 valence electrons. The van der Waals surface area contributed by atoms with E-state index >= 15 is 0 Å². The molecule has 0 aliphatic carbocycles. The van der Waals surface area contributed by atoms with Crippen molar-refractivity contribution in [1.29, 1.82) is 0 Å². The van der Waals surface area contributed by atoms with Gasteiger partial charge in [-0.15, -0.1) is 0 Å². The summed E-state index contributed by atoms with van der Waals surface area (Å²) >= 11 is 9.08. The number of likely N-dealkylation sites (tertiary alicyclic amines) is 1. The van der Waals surface area contributed by atoms with Crippen molar-refractivity contribution in [2.24, 2.45) is 5.92 Å². The number of benzene rings is 1. The molecule has 0 spiro atoms. The van der Waals surface area contributed by atoms with Crippen LogP contribution in [-0.4, -0.2) is 47.0 Å². The van der Waals surface area contributed by atoms with Crippen molar-refractivity contribution in [2.75, 3.05) is 31.5 Å². The number of halogens is 1. The highest BCUT2D eigenvalue weighted by Gasteiger charge is 2.29. The molecule has 1 aromatic rings. The Morgan fingerprint density at radius 2 is 2.12 bits per heavy atom. The molecule has 1 aromatic carbocycles. The van der Waals surface area contributed by atoms with E-state index in [1.165, 1.54) is 0 Å². The molecule has 2 rings (SSSR count). The predicted molar refractivity (Wildman–Crippen MR) is 107 cm³/mol. The summed E-state index contributed by atoms with van der Waals surface area (Å²) in [4.78, 5) is 16.6. The number of hydrogen-bond donors (Lipinski definition) is 1. The molecule has 1 amide bonds. The van der Waals surface area contributed by atoms with Gasteiger partial charge in [-0.2, -0.15) is 0 Å². The van der Waals surface area contributed by atoms with Gasteiger partial charge < -0.3 is 15.1 Å². The van der Waals surface area contributed by atoms with E-state index in [4.69, 9.17) is 12.2 Å². The number of piperidine rings is 1. The Balaban J connectivity index is 1.99. The summed E-state index contributed by atoms with van der Waals surface area (Å²) in [5.41, 5.74) is 2.15. The molecule has 4 nitrogen and oxygen atoms in total. The Hall–Kier alpha value is -1.14. The van der Waals surface area contributed by atoms with Gasteiger partial charge in [0, 0.05) is 36.3 Å². The molecule has 0 aromatic heterocycles. The Labute approximate surface area is 158 Å². The molecule has 1 aliphatic heterocycles. The number of nitrogens with one attached hydrogen (secondary N) is 1. The summed E-state index contributed by atoms with van der Waals surface area (Å²) in [7, 11) is 0. The average molecular weight is 412 g/mol. The van der Waals surface area contributed by atoms with Gasteiger partial charge in [-0.05, 0) is 69.6 Å². The Morgan fingerprint density at radius 3 is 2.75 bits per heavy atom. The highest BCUT2D eigenvalue weighted by molar-refractivity contribution is 9.10. The third-order valence-corrected chi connectivity index (χ3v) is 5.79. The van der Waals surface area contributed by atoms with Gasteiger partial charge in [0.15, 0.2) is 5.11 Å². The van der Waals surface area contributed by atoms with Gasteiger partial charge in [0.2, 0.25) is 5.91 Å². The summed E-state index contributed by atoms with van der Waals surface area (Å²) in [5, 5.41) is 4.01. The van der Waals surface area contributed by atoms with Crippen LogP contribution in [0.1, 0.15) is 32.3 Å². The zero-order valence-corrected chi connectivity index (χ0v) is 17.0. The zero-order chi connectivity index (χ0) is 17.7. The second kappa shape index (κ2) is 8.81. The number of anilines is 1. The lowest BCUT2D eigenvalue weighted by Gasteiger charge is -2.36. The van der Waals surface area contributed by atoms with Gasteiger partial charge in [0.1, 0.15) is 0 Å². The van der Waals surface area contributed by atoms with Crippen LogP contribution in [0.15, 0.2) is 22.7 Å². The fraction of sp³-hybridized carbons (Fsp3) is 0.556. The van der Waals surface area contributed by atoms with Crippen molar-refractivity contribution >= 4 is 44.9 Å². The van der Waals surface area contributed by atoms with E-state index in [0.717, 1.165) is 48.2 Å². The Morgan fingerprint density at radius 1 is 1.42 bits per heavy atom. The minimum atomic E-state index is 0.0463. The summed E-state index contributed by atoms with van der Waals surface area (Å²) in [5.74, 6) is 0.303. The molecule has 24 heavy (non-hydrogen) atoms. The minimum Gasteiger partial charge on any atom is -0.348 e. The number of nitrogens with zero attached hydrogens (tertiary/aromatic N) is 2. The fourth-order valence-corrected chi connectivity index (χ4v) is 3.61. The highest BCUT2D eigenvalue weighted by Crippen LogP contribution is 2.22. The third-order valence-electron chi connectivity index (χ3n) is 4.54. The molecule has 1 N–H and O–H groups in total. The lowest BCUT2D eigenvalue weighted by Crippen LogP contribution is -2.47. The zero-order valence-electron chi connectivity index (χ0n) is 14.6. The van der Waals surface area contributed by atoms with Crippen molar-refractivity contribution in [3.05, 3.63) is 28.2 Å². The highest BCUT2D eigenvalue weighted by atomic mass is 79.9. The van der Waals surface area contributed by atoms with Crippen molar-refractivity contribution in [3.63, 3.8) is 0 Å². The van der Waals surface area contributed by atoms with Crippen molar-refractivity contribution in [2.45, 2.75) is 33.6 Å². The largest absolute Gasteiger partial charge is 0.348 e. The summed E-state index contributed by atoms with van der Waals surface area (Å²) < 4.78 is 1.09. The lowest BCUT2D eigenvalue weighted by atomic mass is 9.96. The smallest absolute Gasteiger partial charge is 0.227 e. The van der Waals surface area contributed by atoms with Gasteiger partial charge in [-0.25, -0.2) is 0 Å². The molecule has 6 heteroatoms. The normalized spacial score (nSPS) is 17.5. The van der Waals surface area contributed by atoms with E-state index < -0.39 is 0 Å². The fourth-order valence-electron chi connectivity index (χ4n) is 3.08. The first-order valence-electron chi connectivity index (χ1n) is 8.57. The maximum atomic E-state index is 12.6. The summed E-state index contributed by atoms with van der Waals surface area (Å²) in [6.45, 7) is 9.27. The molecule has 1 heterocycles. The van der Waals surface area contributed by atoms with Crippen LogP contribution < -0.4 is 5.32 Å². The van der Waals surface area contributed by atoms with Crippen LogP contribution in [0.2, 0.25) is 0 Å². The van der Waals surface area contributed by atoms with Gasteiger partial charge in [-0.3, -0.25) is 4.79 Å². The summed E-state index contributed by atoms with van der Waals surface area (Å²) in [6, 6.07) is 6.09. The van der Waals surface area contributed by atoms with Crippen LogP contribution in [0.3, 0.4) is 0 Å². The van der Waals surface area contributed by atoms with Crippen LogP contribution in [0.5, 0.6) is 0 Å². The first-order valence-corrected chi connectivity index (χ1v) is 9.77. The number of carbonyl (C=O) groups is 1. The van der Waals surface area contributed by atoms with Crippen LogP contribution in [0.25, 0.3) is 0 Å². The van der Waals surface area contributed by atoms with E-state index in [-0.39, 0.29) is 11.8 Å². The van der Waals surface area contributed by atoms with E-state index in [1.54, 1.807) is 0 Å². The van der Waals surface area contributed by atoms with Crippen molar-refractivity contribution in [1.82, 2.24) is 9.80 Å². The second-order valence-corrected chi connectivity index (χ2v) is 7.43. The van der Waals surface area contributed by atoms with Crippen LogP contribution >= 0.6 is 28.1 Å². The molecule has 1 aliphatic rings. The van der Waals surface area contributed by atoms with Gasteiger partial charge in [0.05, 0.1) is 5.92 Å². The molecular formula is C18H26BrN3OS. The number of amides is 1. The maximum Gasteiger partial charge on any atom is 0.227 e. The molecule has 0 bridgehead atoms. The number of rotatable bonds is 4. The van der Waals surface area contributed by atoms with E-state index in [0.29, 0.717) is 11.7 Å². The average Bonchev–Trinajstić information content (AvgIpc) is 2.59. The lowest BCUT2D eigenvalue weighted by molar-refractivity contribution is -0.136. The first kappa shape index (κ1) is 19.2. The first-order chi connectivity index (χ1) is 11.5. The second-order valence-electron chi connectivity index (χ2n) is 6.19. The Bertz CT molecular complexity index is 604. The number of hydrogen-bond acceptors (Lipinski definition) is 2. The minimum absolute atomic E-state index is 0.0463. The topological polar surface area (TPSA) is 35.6 Å². The number of thiocarbonyl (C=S) groups is 1. The van der Waals surface area contributed by atoms with Gasteiger partial charge >= 0.3 is 0 Å². The molecule has 0 saturated carbocycles. The Kier molecular flexibility index (Phi) is 7.04. The summed E-state index contributed by atoms with van der Waals surface area (Å²) in [6.07, 6.45) is 1.95. The van der Waals surface area contributed by atoms with Gasteiger partial charge in [0.25, 0.3) is 0 Å². The van der Waals surface area contributed by atoms with Crippen molar-refractivity contribution < 1.29 is 4.79 Å². The molecule has 1 atom stereocenters. The molecular weight excluding hydrogens is 386 g/mol. The number of aryl methyl sites for hydroxylation is 1. The SMILES string of the molecule is CCN(CC)C(=O)C1CCCN(C(=S)Nc2ccc(Br)c(C)c2)C1. The predicted octanol–water partition coefficient (Wildman–Crippen LogP) is 4.03. The van der Waals surface area contributed by atoms with E-state index in [9.17, 15) is 4.79 Å². The standard InChI is InChI=1S/C18H26BrN3OS/c1-4-21(5-2)17(23)14-7-6-10-22(12-14)18(24)20-15-8-9-16(19)13(3)11-15/h8-9,11,14H,4-7,10,12H2,1-3H3,(H,20,24). The molecule has 1 fully saturated rings. The van der Waals surface area contributed by atoms with Crippen LogP contribution in [0.4, 0.5) is 5.69 Å². The maximum absolute atomic E-state index is 12.6. The molecule has 1 saturated heterocycles. The van der Waals surface area contributed by atoms with Gasteiger partial charge in [-0.1, -0.05) is 15.9 Å². The molecule has 0 radical (unpaired) electrons. The van der Waals surface area contributed by atoms with Crippen molar-refractivity contribution in [3.8, 4) is 0 Å². The third kappa shape index (κ3) is 4.70. The number of carbonyl (C=O) groups excluding carboxylic acids is 1. The van der Waals surface area contributed by atoms with Crippen LogP contribution in [0, 0.1) is 12.8 Å². The van der Waals surface area contributed by atoms with Crippen LogP contribution in [-0.2, 0) is 4.79 Å². The van der Waals surface area contributed by atoms with E-state index in [1.807, 2.05) is 30.9 Å². The van der Waals surface area contributed by atoms with E-state index in [2.05, 4.69) is 39.1 Å². The quantitative estimate of drug-likeness (QED) is 0.758. The monoisotopic (exact) mass is 411 g/mol.